The smallest absolute Gasteiger partial charge is 0.237 e. The first-order valence-corrected chi connectivity index (χ1v) is 8.32. The van der Waals surface area contributed by atoms with Crippen LogP contribution in [0.4, 0.5) is 0 Å². The Bertz CT molecular complexity index is 638. The normalized spacial score (nSPS) is 22.8. The molecule has 1 fully saturated rings. The van der Waals surface area contributed by atoms with Crippen LogP contribution < -0.4 is 0 Å². The maximum Gasteiger partial charge on any atom is 0.237 e. The van der Waals surface area contributed by atoms with Crippen molar-refractivity contribution in [3.05, 3.63) is 35.2 Å². The summed E-state index contributed by atoms with van der Waals surface area (Å²) in [7, 11) is 1.88. The summed E-state index contributed by atoms with van der Waals surface area (Å²) in [5.41, 5.74) is 1.28. The van der Waals surface area contributed by atoms with Gasteiger partial charge in [-0.2, -0.15) is 0 Å². The Labute approximate surface area is 128 Å². The van der Waals surface area contributed by atoms with Crippen molar-refractivity contribution >= 4 is 38.9 Å². The summed E-state index contributed by atoms with van der Waals surface area (Å²) >= 11 is 7.50. The predicted molar refractivity (Wildman–Crippen MR) is 85.3 cm³/mol. The quantitative estimate of drug-likeness (QED) is 0.771. The van der Waals surface area contributed by atoms with E-state index in [1.807, 2.05) is 11.9 Å². The Morgan fingerprint density at radius 2 is 2.20 bits per heavy atom. The molecule has 4 heteroatoms. The minimum Gasteiger partial charge on any atom is -0.337 e. The summed E-state index contributed by atoms with van der Waals surface area (Å²) in [6.07, 6.45) is 1.19. The fraction of sp³-hybridized carbons (Fsp3) is 0.438. The summed E-state index contributed by atoms with van der Waals surface area (Å²) in [6, 6.07) is 8.58. The number of hydrogen-bond donors (Lipinski definition) is 0. The van der Waals surface area contributed by atoms with Crippen molar-refractivity contribution in [1.82, 2.24) is 4.90 Å². The third-order valence-electron chi connectivity index (χ3n) is 4.33. The third kappa shape index (κ3) is 2.33. The van der Waals surface area contributed by atoms with Crippen LogP contribution in [0.1, 0.15) is 24.9 Å². The molecule has 1 saturated carbocycles. The van der Waals surface area contributed by atoms with E-state index in [9.17, 15) is 4.79 Å². The molecule has 1 aliphatic carbocycles. The minimum atomic E-state index is 0.00560. The van der Waals surface area contributed by atoms with Crippen LogP contribution in [0.25, 0.3) is 10.1 Å². The van der Waals surface area contributed by atoms with Gasteiger partial charge >= 0.3 is 0 Å². The zero-order valence-corrected chi connectivity index (χ0v) is 13.2. The molecule has 1 aromatic carbocycles. The molecule has 1 aliphatic rings. The van der Waals surface area contributed by atoms with Gasteiger partial charge in [0, 0.05) is 11.7 Å². The molecule has 1 aromatic heterocycles. The van der Waals surface area contributed by atoms with Crippen molar-refractivity contribution in [3.63, 3.8) is 0 Å². The second kappa shape index (κ2) is 5.38. The van der Waals surface area contributed by atoms with E-state index in [2.05, 4.69) is 36.6 Å². The number of carbonyl (C=O) groups excluding carboxylic acids is 1. The lowest BCUT2D eigenvalue weighted by Gasteiger charge is -2.28. The van der Waals surface area contributed by atoms with E-state index in [1.165, 1.54) is 22.1 Å². The van der Waals surface area contributed by atoms with E-state index in [4.69, 9.17) is 11.6 Å². The largest absolute Gasteiger partial charge is 0.337 e. The summed E-state index contributed by atoms with van der Waals surface area (Å²) < 4.78 is 1.28. The van der Waals surface area contributed by atoms with Gasteiger partial charge in [-0.25, -0.2) is 0 Å². The number of halogens is 1. The van der Waals surface area contributed by atoms with Crippen LogP contribution >= 0.6 is 22.9 Å². The Kier molecular flexibility index (Phi) is 3.74. The van der Waals surface area contributed by atoms with E-state index >= 15 is 0 Å². The standard InChI is InChI=1S/C16H18ClNOS/c1-10-7-12(10)16(18(2)15(19)8-17)13-9-20-14-6-4-3-5-11(13)14/h3-6,9-10,12,16H,7-8H2,1-2H3. The molecule has 3 rings (SSSR count). The van der Waals surface area contributed by atoms with Crippen LogP contribution in [0.15, 0.2) is 29.6 Å². The number of amides is 1. The highest BCUT2D eigenvalue weighted by atomic mass is 35.5. The maximum atomic E-state index is 12.0. The van der Waals surface area contributed by atoms with Gasteiger partial charge in [0.25, 0.3) is 0 Å². The number of hydrogen-bond acceptors (Lipinski definition) is 2. The lowest BCUT2D eigenvalue weighted by atomic mass is 9.99. The Balaban J connectivity index is 2.03. The number of benzene rings is 1. The minimum absolute atomic E-state index is 0.00560. The van der Waals surface area contributed by atoms with Crippen LogP contribution in [0.2, 0.25) is 0 Å². The predicted octanol–water partition coefficient (Wildman–Crippen LogP) is 4.30. The molecule has 0 spiro atoms. The molecule has 0 aliphatic heterocycles. The zero-order valence-electron chi connectivity index (χ0n) is 11.7. The first-order chi connectivity index (χ1) is 9.63. The molecule has 0 saturated heterocycles. The topological polar surface area (TPSA) is 20.3 Å². The first kappa shape index (κ1) is 13.9. The molecule has 3 atom stereocenters. The van der Waals surface area contributed by atoms with Gasteiger partial charge in [0.1, 0.15) is 5.88 Å². The van der Waals surface area contributed by atoms with Crippen molar-refractivity contribution in [1.29, 1.82) is 0 Å². The second-order valence-corrected chi connectivity index (χ2v) is 6.83. The van der Waals surface area contributed by atoms with Crippen molar-refractivity contribution in [3.8, 4) is 0 Å². The highest BCUT2D eigenvalue weighted by Crippen LogP contribution is 2.51. The van der Waals surface area contributed by atoms with Gasteiger partial charge in [-0.05, 0) is 40.7 Å². The van der Waals surface area contributed by atoms with Crippen molar-refractivity contribution in [2.45, 2.75) is 19.4 Å². The summed E-state index contributed by atoms with van der Waals surface area (Å²) in [5, 5.41) is 3.48. The molecular formula is C16H18ClNOS. The van der Waals surface area contributed by atoms with Crippen LogP contribution in [-0.2, 0) is 4.79 Å². The van der Waals surface area contributed by atoms with E-state index in [0.29, 0.717) is 11.8 Å². The van der Waals surface area contributed by atoms with Gasteiger partial charge in [0.2, 0.25) is 5.91 Å². The molecule has 3 unspecified atom stereocenters. The number of alkyl halides is 1. The maximum absolute atomic E-state index is 12.0. The average Bonchev–Trinajstić information content (AvgIpc) is 3.02. The number of thiophene rings is 1. The van der Waals surface area contributed by atoms with Gasteiger partial charge in [-0.1, -0.05) is 25.1 Å². The summed E-state index contributed by atoms with van der Waals surface area (Å²) in [5.74, 6) is 1.30. The average molecular weight is 308 g/mol. The number of carbonyl (C=O) groups is 1. The van der Waals surface area contributed by atoms with Crippen molar-refractivity contribution < 1.29 is 4.79 Å². The van der Waals surface area contributed by atoms with Gasteiger partial charge in [0.05, 0.1) is 6.04 Å². The highest BCUT2D eigenvalue weighted by Gasteiger charge is 2.43. The van der Waals surface area contributed by atoms with E-state index in [-0.39, 0.29) is 17.8 Å². The number of rotatable bonds is 4. The summed E-state index contributed by atoms with van der Waals surface area (Å²) in [6.45, 7) is 2.26. The van der Waals surface area contributed by atoms with E-state index in [1.54, 1.807) is 11.3 Å². The number of nitrogens with zero attached hydrogens (tertiary/aromatic N) is 1. The highest BCUT2D eigenvalue weighted by molar-refractivity contribution is 7.17. The van der Waals surface area contributed by atoms with E-state index in [0.717, 1.165) is 0 Å². The van der Waals surface area contributed by atoms with Crippen molar-refractivity contribution in [2.75, 3.05) is 12.9 Å². The molecule has 1 heterocycles. The lowest BCUT2D eigenvalue weighted by molar-refractivity contribution is -0.129. The van der Waals surface area contributed by atoms with Crippen LogP contribution in [0.3, 0.4) is 0 Å². The Morgan fingerprint density at radius 1 is 1.50 bits per heavy atom. The molecule has 1 amide bonds. The monoisotopic (exact) mass is 307 g/mol. The lowest BCUT2D eigenvalue weighted by Crippen LogP contribution is -2.33. The Hall–Kier alpha value is -1.06. The summed E-state index contributed by atoms with van der Waals surface area (Å²) in [4.78, 5) is 13.9. The van der Waals surface area contributed by atoms with Gasteiger partial charge in [-0.15, -0.1) is 22.9 Å². The molecule has 0 N–H and O–H groups in total. The third-order valence-corrected chi connectivity index (χ3v) is 5.54. The fourth-order valence-corrected chi connectivity index (χ4v) is 4.17. The fourth-order valence-electron chi connectivity index (χ4n) is 2.99. The Morgan fingerprint density at radius 3 is 2.85 bits per heavy atom. The van der Waals surface area contributed by atoms with E-state index < -0.39 is 0 Å². The molecule has 20 heavy (non-hydrogen) atoms. The van der Waals surface area contributed by atoms with Crippen LogP contribution in [0.5, 0.6) is 0 Å². The van der Waals surface area contributed by atoms with Gasteiger partial charge in [-0.3, -0.25) is 4.79 Å². The molecule has 106 valence electrons. The second-order valence-electron chi connectivity index (χ2n) is 5.65. The molecular weight excluding hydrogens is 290 g/mol. The van der Waals surface area contributed by atoms with Gasteiger partial charge in [0.15, 0.2) is 0 Å². The SMILES string of the molecule is CC1CC1C(c1csc2ccccc12)N(C)C(=O)CCl. The molecule has 2 nitrogen and oxygen atoms in total. The first-order valence-electron chi connectivity index (χ1n) is 6.91. The van der Waals surface area contributed by atoms with Crippen molar-refractivity contribution in [2.24, 2.45) is 11.8 Å². The number of fused-ring (bicyclic) bond motifs is 1. The van der Waals surface area contributed by atoms with Gasteiger partial charge < -0.3 is 4.90 Å². The van der Waals surface area contributed by atoms with Crippen LogP contribution in [0, 0.1) is 11.8 Å². The molecule has 2 aromatic rings. The zero-order chi connectivity index (χ0) is 14.3. The molecule has 0 radical (unpaired) electrons. The molecule has 0 bridgehead atoms. The van der Waals surface area contributed by atoms with Crippen LogP contribution in [-0.4, -0.2) is 23.7 Å².